The lowest BCUT2D eigenvalue weighted by molar-refractivity contribution is -0.144. The zero-order valence-electron chi connectivity index (χ0n) is 13.9. The van der Waals surface area contributed by atoms with E-state index in [1.54, 1.807) is 54.6 Å². The van der Waals surface area contributed by atoms with E-state index in [1.807, 2.05) is 0 Å². The molecule has 0 spiro atoms. The number of hydrogen-bond donors (Lipinski definition) is 2. The Morgan fingerprint density at radius 2 is 1.77 bits per heavy atom. The number of hydrazine groups is 1. The van der Waals surface area contributed by atoms with Crippen LogP contribution in [0.15, 0.2) is 60.2 Å². The van der Waals surface area contributed by atoms with Crippen molar-refractivity contribution in [2.75, 3.05) is 5.01 Å². The summed E-state index contributed by atoms with van der Waals surface area (Å²) in [6.45, 7) is 1.40. The van der Waals surface area contributed by atoms with Crippen molar-refractivity contribution >= 4 is 29.5 Å². The molecule has 26 heavy (non-hydrogen) atoms. The number of rotatable bonds is 5. The molecule has 1 aliphatic rings. The van der Waals surface area contributed by atoms with E-state index in [2.05, 4.69) is 5.43 Å². The first-order chi connectivity index (χ1) is 12.5. The van der Waals surface area contributed by atoms with E-state index in [9.17, 15) is 14.4 Å². The van der Waals surface area contributed by atoms with Gasteiger partial charge in [0.25, 0.3) is 11.8 Å². The SMILES string of the molecule is C[C@H](Oc1ccccc1/C=C1/C(=O)NN(c2ccccc2)C1=O)C(=O)O. The Morgan fingerprint density at radius 1 is 1.12 bits per heavy atom. The predicted molar refractivity (Wildman–Crippen MR) is 94.2 cm³/mol. The van der Waals surface area contributed by atoms with Gasteiger partial charge in [0.1, 0.15) is 11.3 Å². The third kappa shape index (κ3) is 3.41. The molecule has 0 saturated carbocycles. The molecule has 132 valence electrons. The molecule has 2 aromatic carbocycles. The number of nitrogens with zero attached hydrogens (tertiary/aromatic N) is 1. The van der Waals surface area contributed by atoms with E-state index in [4.69, 9.17) is 9.84 Å². The van der Waals surface area contributed by atoms with E-state index in [-0.39, 0.29) is 11.3 Å². The third-order valence-corrected chi connectivity index (χ3v) is 3.78. The van der Waals surface area contributed by atoms with E-state index in [0.717, 1.165) is 5.01 Å². The minimum Gasteiger partial charge on any atom is -0.479 e. The molecule has 0 radical (unpaired) electrons. The summed E-state index contributed by atoms with van der Waals surface area (Å²) in [5.74, 6) is -1.88. The number of para-hydroxylation sites is 2. The first kappa shape index (κ1) is 17.2. The number of ether oxygens (including phenoxy) is 1. The van der Waals surface area contributed by atoms with Gasteiger partial charge in [-0.3, -0.25) is 15.0 Å². The minimum atomic E-state index is -1.11. The van der Waals surface area contributed by atoms with Crippen LogP contribution in [0.3, 0.4) is 0 Å². The minimum absolute atomic E-state index is 0.0621. The van der Waals surface area contributed by atoms with Gasteiger partial charge in [0.15, 0.2) is 6.10 Å². The Bertz CT molecular complexity index is 892. The average molecular weight is 352 g/mol. The van der Waals surface area contributed by atoms with Crippen LogP contribution in [-0.4, -0.2) is 29.0 Å². The second-order valence-electron chi connectivity index (χ2n) is 5.61. The molecule has 0 bridgehead atoms. The molecule has 2 N–H and O–H groups in total. The van der Waals surface area contributed by atoms with Crippen LogP contribution < -0.4 is 15.2 Å². The number of amides is 2. The Balaban J connectivity index is 1.92. The average Bonchev–Trinajstić information content (AvgIpc) is 2.92. The molecule has 0 aromatic heterocycles. The van der Waals surface area contributed by atoms with Crippen LogP contribution in [0, 0.1) is 0 Å². The highest BCUT2D eigenvalue weighted by atomic mass is 16.5. The van der Waals surface area contributed by atoms with E-state index < -0.39 is 23.9 Å². The number of aliphatic carboxylic acids is 1. The van der Waals surface area contributed by atoms with Crippen LogP contribution in [0.25, 0.3) is 6.08 Å². The number of carboxylic acid groups (broad SMARTS) is 1. The van der Waals surface area contributed by atoms with Crippen LogP contribution in [-0.2, 0) is 14.4 Å². The van der Waals surface area contributed by atoms with Crippen molar-refractivity contribution in [3.63, 3.8) is 0 Å². The van der Waals surface area contributed by atoms with Gasteiger partial charge in [0.05, 0.1) is 5.69 Å². The smallest absolute Gasteiger partial charge is 0.344 e. The molecule has 3 rings (SSSR count). The zero-order valence-corrected chi connectivity index (χ0v) is 13.9. The summed E-state index contributed by atoms with van der Waals surface area (Å²) in [6.07, 6.45) is 0.327. The fraction of sp³-hybridized carbons (Fsp3) is 0.105. The monoisotopic (exact) mass is 352 g/mol. The normalized spacial score (nSPS) is 16.5. The Morgan fingerprint density at radius 3 is 2.46 bits per heavy atom. The van der Waals surface area contributed by atoms with Gasteiger partial charge in [-0.25, -0.2) is 9.80 Å². The Labute approximate surface area is 149 Å². The van der Waals surface area contributed by atoms with Crippen molar-refractivity contribution in [3.8, 4) is 5.75 Å². The van der Waals surface area contributed by atoms with Crippen molar-refractivity contribution in [3.05, 3.63) is 65.7 Å². The van der Waals surface area contributed by atoms with Crippen LogP contribution in [0.2, 0.25) is 0 Å². The quantitative estimate of drug-likeness (QED) is 0.634. The van der Waals surface area contributed by atoms with Gasteiger partial charge >= 0.3 is 5.97 Å². The van der Waals surface area contributed by atoms with Gasteiger partial charge in [0.2, 0.25) is 0 Å². The highest BCUT2D eigenvalue weighted by molar-refractivity contribution is 6.31. The van der Waals surface area contributed by atoms with Crippen molar-refractivity contribution in [1.29, 1.82) is 0 Å². The number of benzene rings is 2. The second-order valence-corrected chi connectivity index (χ2v) is 5.61. The largest absolute Gasteiger partial charge is 0.479 e. The van der Waals surface area contributed by atoms with Gasteiger partial charge < -0.3 is 9.84 Å². The summed E-state index contributed by atoms with van der Waals surface area (Å²) in [5.41, 5.74) is 3.43. The number of anilines is 1. The molecule has 7 heteroatoms. The molecular weight excluding hydrogens is 336 g/mol. The topological polar surface area (TPSA) is 95.9 Å². The summed E-state index contributed by atoms with van der Waals surface area (Å²) < 4.78 is 5.40. The molecule has 2 amide bonds. The maximum absolute atomic E-state index is 12.6. The summed E-state index contributed by atoms with van der Waals surface area (Å²) in [6, 6.07) is 15.3. The molecule has 1 atom stereocenters. The molecule has 0 aliphatic carbocycles. The van der Waals surface area contributed by atoms with Crippen molar-refractivity contribution in [2.24, 2.45) is 0 Å². The Kier molecular flexibility index (Phi) is 4.70. The molecule has 1 saturated heterocycles. The fourth-order valence-corrected chi connectivity index (χ4v) is 2.42. The fourth-order valence-electron chi connectivity index (χ4n) is 2.42. The van der Waals surface area contributed by atoms with Gasteiger partial charge in [-0.05, 0) is 31.2 Å². The molecule has 7 nitrogen and oxygen atoms in total. The molecular formula is C19H16N2O5. The Hall–Kier alpha value is -3.61. The lowest BCUT2D eigenvalue weighted by Gasteiger charge is -2.14. The van der Waals surface area contributed by atoms with Gasteiger partial charge in [-0.15, -0.1) is 0 Å². The molecule has 2 aromatic rings. The molecule has 1 heterocycles. The van der Waals surface area contributed by atoms with Crippen molar-refractivity contribution in [1.82, 2.24) is 5.43 Å². The standard InChI is InChI=1S/C19H16N2O5/c1-12(19(24)25)26-16-10-6-5-7-13(16)11-15-17(22)20-21(18(15)23)14-8-3-2-4-9-14/h2-12H,1H3,(H,20,22)(H,24,25)/b15-11-/t12-/m0/s1. The zero-order chi connectivity index (χ0) is 18.7. The van der Waals surface area contributed by atoms with Crippen LogP contribution in [0.4, 0.5) is 5.69 Å². The highest BCUT2D eigenvalue weighted by Gasteiger charge is 2.34. The van der Waals surface area contributed by atoms with Gasteiger partial charge in [-0.2, -0.15) is 0 Å². The summed E-state index contributed by atoms with van der Waals surface area (Å²) in [4.78, 5) is 35.8. The highest BCUT2D eigenvalue weighted by Crippen LogP contribution is 2.26. The predicted octanol–water partition coefficient (Wildman–Crippen LogP) is 2.00. The summed E-state index contributed by atoms with van der Waals surface area (Å²) >= 11 is 0. The molecule has 1 aliphatic heterocycles. The lowest BCUT2D eigenvalue weighted by Crippen LogP contribution is -2.35. The first-order valence-electron chi connectivity index (χ1n) is 7.88. The van der Waals surface area contributed by atoms with Gasteiger partial charge in [-0.1, -0.05) is 36.4 Å². The van der Waals surface area contributed by atoms with Crippen molar-refractivity contribution in [2.45, 2.75) is 13.0 Å². The van der Waals surface area contributed by atoms with Crippen LogP contribution in [0.5, 0.6) is 5.75 Å². The third-order valence-electron chi connectivity index (χ3n) is 3.78. The number of hydrogen-bond acceptors (Lipinski definition) is 4. The maximum Gasteiger partial charge on any atom is 0.344 e. The van der Waals surface area contributed by atoms with E-state index in [0.29, 0.717) is 11.3 Å². The van der Waals surface area contributed by atoms with Gasteiger partial charge in [0, 0.05) is 5.56 Å². The molecule has 0 unspecified atom stereocenters. The lowest BCUT2D eigenvalue weighted by atomic mass is 10.1. The first-order valence-corrected chi connectivity index (χ1v) is 7.88. The summed E-state index contributed by atoms with van der Waals surface area (Å²) in [5, 5.41) is 10.2. The number of carbonyl (C=O) groups excluding carboxylic acids is 2. The number of carboxylic acids is 1. The second kappa shape index (κ2) is 7.10. The van der Waals surface area contributed by atoms with Crippen molar-refractivity contribution < 1.29 is 24.2 Å². The summed E-state index contributed by atoms with van der Waals surface area (Å²) in [7, 11) is 0. The number of carbonyl (C=O) groups is 3. The molecule has 1 fully saturated rings. The maximum atomic E-state index is 12.6. The van der Waals surface area contributed by atoms with Crippen LogP contribution in [0.1, 0.15) is 12.5 Å². The number of nitrogens with one attached hydrogen (secondary N) is 1. The van der Waals surface area contributed by atoms with Crippen LogP contribution >= 0.6 is 0 Å². The van der Waals surface area contributed by atoms with E-state index in [1.165, 1.54) is 13.0 Å². The van der Waals surface area contributed by atoms with E-state index >= 15 is 0 Å².